The number of hydrazine groups is 1. The molecular weight excluding hydrogens is 348 g/mol. The normalized spacial score (nSPS) is 11.4. The third kappa shape index (κ3) is 4.73. The molecule has 3 rings (SSSR count). The minimum atomic E-state index is -0.420. The Kier molecular flexibility index (Phi) is 6.05. The monoisotopic (exact) mass is 366 g/mol. The highest BCUT2D eigenvalue weighted by Crippen LogP contribution is 2.35. The molecule has 1 heterocycles. The second kappa shape index (κ2) is 8.87. The highest BCUT2D eigenvalue weighted by Gasteiger charge is 2.22. The molecule has 2 aromatic carbocycles. The number of thioether (sulfide) groups is 1. The second-order valence-electron chi connectivity index (χ2n) is 5.26. The fourth-order valence-electron chi connectivity index (χ4n) is 2.24. The van der Waals surface area contributed by atoms with E-state index in [1.165, 1.54) is 18.9 Å². The predicted molar refractivity (Wildman–Crippen MR) is 102 cm³/mol. The Bertz CT molecular complexity index is 846. The van der Waals surface area contributed by atoms with Crippen LogP contribution in [0.15, 0.2) is 77.8 Å². The minimum absolute atomic E-state index is 0.198. The Morgan fingerprint density at radius 2 is 1.73 bits per heavy atom. The topological polar surface area (TPSA) is 76.1 Å². The molecule has 0 aliphatic rings. The quantitative estimate of drug-likeness (QED) is 0.493. The Balaban J connectivity index is 1.74. The zero-order chi connectivity index (χ0) is 18.2. The molecule has 2 N–H and O–H groups in total. The fourth-order valence-corrected chi connectivity index (χ4v) is 3.28. The number of hydrogen-bond acceptors (Lipinski definition) is 6. The molecule has 3 aromatic rings. The van der Waals surface area contributed by atoms with E-state index in [2.05, 4.69) is 20.8 Å². The fraction of sp³-hybridized carbons (Fsp3) is 0.105. The molecule has 6 nitrogen and oxygen atoms in total. The molecule has 0 radical (unpaired) electrons. The summed E-state index contributed by atoms with van der Waals surface area (Å²) in [6, 6.07) is 21.1. The van der Waals surface area contributed by atoms with Gasteiger partial charge in [0.1, 0.15) is 5.25 Å². The van der Waals surface area contributed by atoms with Crippen molar-refractivity contribution >= 4 is 23.6 Å². The highest BCUT2D eigenvalue weighted by atomic mass is 32.2. The van der Waals surface area contributed by atoms with Gasteiger partial charge in [-0.1, -0.05) is 48.5 Å². The first-order chi connectivity index (χ1) is 12.8. The van der Waals surface area contributed by atoms with E-state index >= 15 is 0 Å². The van der Waals surface area contributed by atoms with Crippen LogP contribution in [0.2, 0.25) is 0 Å². The molecule has 0 spiro atoms. The van der Waals surface area contributed by atoms with Gasteiger partial charge in [0.2, 0.25) is 11.8 Å². The van der Waals surface area contributed by atoms with Gasteiger partial charge in [0.15, 0.2) is 0 Å². The lowest BCUT2D eigenvalue weighted by molar-refractivity contribution is -0.120. The van der Waals surface area contributed by atoms with Crippen molar-refractivity contribution < 1.29 is 9.53 Å². The van der Waals surface area contributed by atoms with Crippen molar-refractivity contribution in [3.63, 3.8) is 0 Å². The molecular formula is C19H18N4O2S. The molecule has 132 valence electrons. The number of nitrogens with zero attached hydrogens (tertiary/aromatic N) is 2. The Hall–Kier alpha value is -3.06. The molecule has 7 heteroatoms. The van der Waals surface area contributed by atoms with Gasteiger partial charge in [0.05, 0.1) is 7.11 Å². The number of nitrogens with one attached hydrogen (secondary N) is 2. The van der Waals surface area contributed by atoms with E-state index in [1.807, 2.05) is 60.7 Å². The van der Waals surface area contributed by atoms with Gasteiger partial charge < -0.3 is 4.74 Å². The largest absolute Gasteiger partial charge is 0.481 e. The Labute approximate surface area is 156 Å². The molecule has 0 saturated heterocycles. The summed E-state index contributed by atoms with van der Waals surface area (Å²) in [6.07, 6.45) is 1.55. The van der Waals surface area contributed by atoms with Crippen LogP contribution >= 0.6 is 11.8 Å². The zero-order valence-electron chi connectivity index (χ0n) is 14.1. The van der Waals surface area contributed by atoms with Crippen molar-refractivity contribution in [3.05, 3.63) is 78.5 Å². The number of anilines is 1. The van der Waals surface area contributed by atoms with Gasteiger partial charge in [-0.2, -0.15) is 4.98 Å². The van der Waals surface area contributed by atoms with Crippen LogP contribution in [0.25, 0.3) is 0 Å². The van der Waals surface area contributed by atoms with Crippen molar-refractivity contribution in [2.45, 2.75) is 10.1 Å². The van der Waals surface area contributed by atoms with Crippen LogP contribution in [0, 0.1) is 0 Å². The number of carbonyl (C=O) groups excluding carboxylic acids is 1. The summed E-state index contributed by atoms with van der Waals surface area (Å²) < 4.78 is 5.05. The van der Waals surface area contributed by atoms with E-state index in [1.54, 1.807) is 12.3 Å². The molecule has 26 heavy (non-hydrogen) atoms. The third-order valence-corrected chi connectivity index (χ3v) is 4.74. The first-order valence-electron chi connectivity index (χ1n) is 7.96. The maximum atomic E-state index is 12.8. The van der Waals surface area contributed by atoms with Gasteiger partial charge in [0.25, 0.3) is 5.91 Å². The maximum absolute atomic E-state index is 12.8. The van der Waals surface area contributed by atoms with Crippen molar-refractivity contribution in [1.82, 2.24) is 15.4 Å². The number of benzene rings is 2. The van der Waals surface area contributed by atoms with Crippen LogP contribution in [-0.2, 0) is 4.79 Å². The molecule has 0 aliphatic heterocycles. The van der Waals surface area contributed by atoms with Gasteiger partial charge in [0, 0.05) is 17.2 Å². The SMILES string of the molecule is COc1ccnc(NNC(=O)C(Sc2ccccc2)c2ccccc2)n1. The van der Waals surface area contributed by atoms with Crippen molar-refractivity contribution in [2.24, 2.45) is 0 Å². The number of hydrogen-bond donors (Lipinski definition) is 2. The smallest absolute Gasteiger partial charge is 0.256 e. The van der Waals surface area contributed by atoms with Gasteiger partial charge in [-0.05, 0) is 17.7 Å². The van der Waals surface area contributed by atoms with Gasteiger partial charge in [-0.25, -0.2) is 4.98 Å². The van der Waals surface area contributed by atoms with E-state index in [9.17, 15) is 4.79 Å². The third-order valence-electron chi connectivity index (χ3n) is 3.47. The summed E-state index contributed by atoms with van der Waals surface area (Å²) in [7, 11) is 1.52. The van der Waals surface area contributed by atoms with Crippen LogP contribution in [0.4, 0.5) is 5.95 Å². The van der Waals surface area contributed by atoms with Crippen LogP contribution < -0.4 is 15.6 Å². The first kappa shape index (κ1) is 17.8. The number of methoxy groups -OCH3 is 1. The number of rotatable bonds is 7. The number of aromatic nitrogens is 2. The summed E-state index contributed by atoms with van der Waals surface area (Å²) in [5.41, 5.74) is 6.33. The van der Waals surface area contributed by atoms with Crippen LogP contribution in [0.3, 0.4) is 0 Å². The molecule has 1 atom stereocenters. The van der Waals surface area contributed by atoms with Gasteiger partial charge >= 0.3 is 0 Å². The van der Waals surface area contributed by atoms with Gasteiger partial charge in [-0.3, -0.25) is 15.6 Å². The van der Waals surface area contributed by atoms with E-state index in [0.717, 1.165) is 10.5 Å². The molecule has 1 amide bonds. The lowest BCUT2D eigenvalue weighted by atomic mass is 10.1. The molecule has 1 unspecified atom stereocenters. The van der Waals surface area contributed by atoms with Crippen LogP contribution in [0.1, 0.15) is 10.8 Å². The van der Waals surface area contributed by atoms with E-state index in [0.29, 0.717) is 5.88 Å². The van der Waals surface area contributed by atoms with Crippen LogP contribution in [0.5, 0.6) is 5.88 Å². The van der Waals surface area contributed by atoms with Crippen molar-refractivity contribution in [1.29, 1.82) is 0 Å². The van der Waals surface area contributed by atoms with E-state index < -0.39 is 5.25 Å². The number of amides is 1. The zero-order valence-corrected chi connectivity index (χ0v) is 14.9. The molecule has 0 fully saturated rings. The van der Waals surface area contributed by atoms with Crippen molar-refractivity contribution in [3.8, 4) is 5.88 Å². The second-order valence-corrected chi connectivity index (χ2v) is 6.44. The predicted octanol–water partition coefficient (Wildman–Crippen LogP) is 3.46. The standard InChI is InChI=1S/C19H18N4O2S/c1-25-16-12-13-20-19(21-16)23-22-18(24)17(14-8-4-2-5-9-14)26-15-10-6-3-7-11-15/h2-13,17H,1H3,(H,22,24)(H,20,21,23). The molecule has 0 aliphatic carbocycles. The van der Waals surface area contributed by atoms with Crippen molar-refractivity contribution in [2.75, 3.05) is 12.5 Å². The summed E-state index contributed by atoms with van der Waals surface area (Å²) in [6.45, 7) is 0. The van der Waals surface area contributed by atoms with E-state index in [4.69, 9.17) is 4.74 Å². The highest BCUT2D eigenvalue weighted by molar-refractivity contribution is 8.00. The average Bonchev–Trinajstić information content (AvgIpc) is 2.72. The molecule has 0 saturated carbocycles. The number of carbonyl (C=O) groups is 1. The lowest BCUT2D eigenvalue weighted by Gasteiger charge is -2.17. The Morgan fingerprint density at radius 1 is 1.04 bits per heavy atom. The molecule has 0 bridgehead atoms. The van der Waals surface area contributed by atoms with Gasteiger partial charge in [-0.15, -0.1) is 11.8 Å². The number of ether oxygens (including phenoxy) is 1. The minimum Gasteiger partial charge on any atom is -0.481 e. The van der Waals surface area contributed by atoms with E-state index in [-0.39, 0.29) is 11.9 Å². The van der Waals surface area contributed by atoms with Crippen LogP contribution in [-0.4, -0.2) is 23.0 Å². The Morgan fingerprint density at radius 3 is 2.42 bits per heavy atom. The average molecular weight is 366 g/mol. The lowest BCUT2D eigenvalue weighted by Crippen LogP contribution is -2.33. The first-order valence-corrected chi connectivity index (χ1v) is 8.84. The maximum Gasteiger partial charge on any atom is 0.256 e. The summed E-state index contributed by atoms with van der Waals surface area (Å²) in [4.78, 5) is 22.0. The molecule has 1 aromatic heterocycles. The summed E-state index contributed by atoms with van der Waals surface area (Å²) in [5.74, 6) is 0.473. The summed E-state index contributed by atoms with van der Waals surface area (Å²) in [5, 5.41) is -0.420. The summed E-state index contributed by atoms with van der Waals surface area (Å²) >= 11 is 1.48.